The Morgan fingerprint density at radius 1 is 0.913 bits per heavy atom. The fourth-order valence-electron chi connectivity index (χ4n) is 2.16. The Balaban J connectivity index is 2.76. The van der Waals surface area contributed by atoms with Crippen LogP contribution in [0.15, 0.2) is 24.3 Å². The first kappa shape index (κ1) is 20.4. The highest BCUT2D eigenvalue weighted by molar-refractivity contribution is 7.53. The highest BCUT2D eigenvalue weighted by Gasteiger charge is 2.25. The molecule has 0 aromatic heterocycles. The minimum Gasteiger partial charge on any atom is -0.308 e. The Morgan fingerprint density at radius 2 is 1.39 bits per heavy atom. The van der Waals surface area contributed by atoms with Gasteiger partial charge < -0.3 is 9.05 Å². The first-order chi connectivity index (χ1) is 10.8. The van der Waals surface area contributed by atoms with Crippen LogP contribution in [-0.2, 0) is 25.2 Å². The van der Waals surface area contributed by atoms with Crippen LogP contribution in [0.25, 0.3) is 0 Å². The van der Waals surface area contributed by atoms with Gasteiger partial charge in [-0.1, -0.05) is 71.7 Å². The maximum absolute atomic E-state index is 13.0. The van der Waals surface area contributed by atoms with Gasteiger partial charge >= 0.3 is 7.60 Å². The van der Waals surface area contributed by atoms with Crippen molar-refractivity contribution >= 4 is 7.60 Å². The lowest BCUT2D eigenvalue weighted by Gasteiger charge is -2.21. The summed E-state index contributed by atoms with van der Waals surface area (Å²) in [4.78, 5) is 0. The lowest BCUT2D eigenvalue weighted by molar-refractivity contribution is 0.199. The molecule has 1 aromatic carbocycles. The van der Waals surface area contributed by atoms with Crippen LogP contribution in [0, 0.1) is 0 Å². The molecule has 132 valence electrons. The third kappa shape index (κ3) is 7.65. The summed E-state index contributed by atoms with van der Waals surface area (Å²) in [5.74, 6) is 0. The maximum atomic E-state index is 13.0. The Bertz CT molecular complexity index is 474. The molecule has 0 fully saturated rings. The minimum absolute atomic E-state index is 0.122. The highest BCUT2D eigenvalue weighted by Crippen LogP contribution is 2.51. The molecular formula is C19H33O3P. The second-order valence-electron chi connectivity index (χ2n) is 7.09. The molecule has 4 heteroatoms. The van der Waals surface area contributed by atoms with E-state index in [2.05, 4.69) is 46.8 Å². The van der Waals surface area contributed by atoms with Gasteiger partial charge in [-0.15, -0.1) is 0 Å². The predicted molar refractivity (Wildman–Crippen MR) is 98.2 cm³/mol. The maximum Gasteiger partial charge on any atom is 0.335 e. The summed E-state index contributed by atoms with van der Waals surface area (Å²) in [5, 5.41) is 0. The lowest BCUT2D eigenvalue weighted by Crippen LogP contribution is -2.10. The molecule has 0 amide bonds. The SMILES string of the molecule is CCCCOP(=O)(Cc1ccc(C(C)(C)C)cc1)OCCCC. The molecule has 3 nitrogen and oxygen atoms in total. The van der Waals surface area contributed by atoms with Gasteiger partial charge in [0.25, 0.3) is 0 Å². The molecule has 0 spiro atoms. The minimum atomic E-state index is -3.06. The number of hydrogen-bond donors (Lipinski definition) is 0. The van der Waals surface area contributed by atoms with Crippen LogP contribution in [0.2, 0.25) is 0 Å². The van der Waals surface area contributed by atoms with Crippen molar-refractivity contribution in [2.75, 3.05) is 13.2 Å². The molecule has 0 atom stereocenters. The van der Waals surface area contributed by atoms with Crippen molar-refractivity contribution in [3.8, 4) is 0 Å². The lowest BCUT2D eigenvalue weighted by atomic mass is 9.87. The zero-order chi connectivity index (χ0) is 17.3. The molecule has 0 bridgehead atoms. The normalized spacial score (nSPS) is 12.6. The van der Waals surface area contributed by atoms with Crippen LogP contribution in [0.1, 0.15) is 71.4 Å². The Hall–Kier alpha value is -0.630. The first-order valence-corrected chi connectivity index (χ1v) is 10.5. The van der Waals surface area contributed by atoms with Crippen molar-refractivity contribution in [3.63, 3.8) is 0 Å². The summed E-state index contributed by atoms with van der Waals surface area (Å²) in [6, 6.07) is 8.30. The average molecular weight is 340 g/mol. The van der Waals surface area contributed by atoms with Crippen molar-refractivity contribution in [3.05, 3.63) is 35.4 Å². The summed E-state index contributed by atoms with van der Waals surface area (Å²) in [6.07, 6.45) is 4.21. The molecule has 0 aliphatic heterocycles. The fraction of sp³-hybridized carbons (Fsp3) is 0.684. The van der Waals surface area contributed by atoms with E-state index in [1.54, 1.807) is 0 Å². The molecule has 0 aliphatic carbocycles. The molecule has 0 saturated heterocycles. The van der Waals surface area contributed by atoms with Crippen LogP contribution in [0.3, 0.4) is 0 Å². The van der Waals surface area contributed by atoms with Crippen molar-refractivity contribution in [2.24, 2.45) is 0 Å². The molecule has 0 aliphatic rings. The topological polar surface area (TPSA) is 35.5 Å². The van der Waals surface area contributed by atoms with Gasteiger partial charge in [-0.05, 0) is 29.4 Å². The molecule has 1 rings (SSSR count). The van der Waals surface area contributed by atoms with Gasteiger partial charge in [0.2, 0.25) is 0 Å². The van der Waals surface area contributed by atoms with E-state index < -0.39 is 7.60 Å². The van der Waals surface area contributed by atoms with Gasteiger partial charge in [0.1, 0.15) is 0 Å². The average Bonchev–Trinajstić information content (AvgIpc) is 2.47. The van der Waals surface area contributed by atoms with E-state index >= 15 is 0 Å². The summed E-state index contributed by atoms with van der Waals surface area (Å²) in [6.45, 7) is 11.8. The molecule has 0 saturated carbocycles. The van der Waals surface area contributed by atoms with Crippen molar-refractivity contribution in [2.45, 2.75) is 71.9 Å². The smallest absolute Gasteiger partial charge is 0.308 e. The van der Waals surface area contributed by atoms with Crippen LogP contribution in [-0.4, -0.2) is 13.2 Å². The predicted octanol–water partition coefficient (Wildman–Crippen LogP) is 6.31. The van der Waals surface area contributed by atoms with E-state index in [0.29, 0.717) is 19.4 Å². The van der Waals surface area contributed by atoms with E-state index in [1.165, 1.54) is 5.56 Å². The van der Waals surface area contributed by atoms with Crippen LogP contribution < -0.4 is 0 Å². The number of hydrogen-bond acceptors (Lipinski definition) is 3. The Morgan fingerprint density at radius 3 is 1.78 bits per heavy atom. The van der Waals surface area contributed by atoms with E-state index in [4.69, 9.17) is 9.05 Å². The van der Waals surface area contributed by atoms with E-state index in [9.17, 15) is 4.57 Å². The summed E-state index contributed by atoms with van der Waals surface area (Å²) in [5.41, 5.74) is 2.40. The standard InChI is InChI=1S/C19H33O3P/c1-6-8-14-21-23(20,22-15-9-7-2)16-17-10-12-18(13-11-17)19(3,4)5/h10-13H,6-9,14-16H2,1-5H3. The molecule has 0 unspecified atom stereocenters. The zero-order valence-electron chi connectivity index (χ0n) is 15.4. The first-order valence-electron chi connectivity index (χ1n) is 8.78. The summed E-state index contributed by atoms with van der Waals surface area (Å²) >= 11 is 0. The molecule has 23 heavy (non-hydrogen) atoms. The van der Waals surface area contributed by atoms with Gasteiger partial charge in [-0.2, -0.15) is 0 Å². The second kappa shape index (κ2) is 9.61. The van der Waals surface area contributed by atoms with Crippen molar-refractivity contribution in [1.29, 1.82) is 0 Å². The zero-order valence-corrected chi connectivity index (χ0v) is 16.3. The number of rotatable bonds is 10. The third-order valence-corrected chi connectivity index (χ3v) is 5.67. The monoisotopic (exact) mass is 340 g/mol. The summed E-state index contributed by atoms with van der Waals surface area (Å²) in [7, 11) is -3.06. The van der Waals surface area contributed by atoms with E-state index in [1.807, 2.05) is 12.1 Å². The van der Waals surface area contributed by atoms with Gasteiger partial charge in [0.05, 0.1) is 19.4 Å². The molecule has 0 N–H and O–H groups in total. The van der Waals surface area contributed by atoms with Crippen LogP contribution in [0.5, 0.6) is 0 Å². The van der Waals surface area contributed by atoms with E-state index in [0.717, 1.165) is 31.2 Å². The molecule has 0 radical (unpaired) electrons. The molecule has 1 aromatic rings. The summed E-state index contributed by atoms with van der Waals surface area (Å²) < 4.78 is 24.3. The van der Waals surface area contributed by atoms with Crippen molar-refractivity contribution in [1.82, 2.24) is 0 Å². The molecular weight excluding hydrogens is 307 g/mol. The van der Waals surface area contributed by atoms with Crippen LogP contribution in [0.4, 0.5) is 0 Å². The largest absolute Gasteiger partial charge is 0.335 e. The highest BCUT2D eigenvalue weighted by atomic mass is 31.2. The van der Waals surface area contributed by atoms with Gasteiger partial charge in [-0.3, -0.25) is 4.57 Å². The number of unbranched alkanes of at least 4 members (excludes halogenated alkanes) is 2. The molecule has 0 heterocycles. The van der Waals surface area contributed by atoms with Crippen molar-refractivity contribution < 1.29 is 13.6 Å². The van der Waals surface area contributed by atoms with Gasteiger partial charge in [0.15, 0.2) is 0 Å². The fourth-order valence-corrected chi connectivity index (χ4v) is 3.89. The quantitative estimate of drug-likeness (QED) is 0.370. The number of benzene rings is 1. The second-order valence-corrected chi connectivity index (χ2v) is 9.14. The van der Waals surface area contributed by atoms with Crippen LogP contribution >= 0.6 is 7.60 Å². The Kier molecular flexibility index (Phi) is 8.53. The van der Waals surface area contributed by atoms with Gasteiger partial charge in [0, 0.05) is 0 Å². The van der Waals surface area contributed by atoms with Gasteiger partial charge in [-0.25, -0.2) is 0 Å². The Labute approximate surface area is 142 Å². The third-order valence-electron chi connectivity index (χ3n) is 3.77. The van der Waals surface area contributed by atoms with E-state index in [-0.39, 0.29) is 5.41 Å².